The molecule has 2 amide bonds. The molecular weight excluding hydrogens is 632 g/mol. The Labute approximate surface area is 294 Å². The maximum atomic E-state index is 12.5. The number of aromatic nitrogens is 1. The molecule has 50 heavy (non-hydrogen) atoms. The van der Waals surface area contributed by atoms with Crippen LogP contribution in [0.25, 0.3) is 11.1 Å². The Balaban J connectivity index is 1.22. The van der Waals surface area contributed by atoms with Crippen molar-refractivity contribution >= 4 is 11.8 Å². The molecule has 0 spiro atoms. The fourth-order valence-corrected chi connectivity index (χ4v) is 6.19. The van der Waals surface area contributed by atoms with Gasteiger partial charge < -0.3 is 24.8 Å². The standard InChI is InChI=1S/C40H48N4O6/c1-44(24-22-34-10-7-8-23-41-34)27-35-25-37(31-16-14-29(28-45)15-17-31)50-40(49-35)32-20-18-30(19-21-32)36-11-6-5-9-33(36)26-42-38(46)12-3-2-4-13-39(47)43-48/h5-11,14-21,23,35,37,40,45,48H,2-4,12-13,22,24-28H2,1H3,(H,42,46)(H,43,47)/t35-,37+,40+/m1/s1. The normalized spacial score (nSPS) is 17.4. The van der Waals surface area contributed by atoms with E-state index < -0.39 is 12.2 Å². The number of likely N-dealkylation sites (N-methyl/N-ethyl adjacent to an activating group) is 1. The van der Waals surface area contributed by atoms with Gasteiger partial charge in [0.2, 0.25) is 11.8 Å². The van der Waals surface area contributed by atoms with Crippen LogP contribution in [0.1, 0.15) is 78.9 Å². The highest BCUT2D eigenvalue weighted by Gasteiger charge is 2.32. The van der Waals surface area contributed by atoms with Crippen molar-refractivity contribution in [3.8, 4) is 11.1 Å². The van der Waals surface area contributed by atoms with Gasteiger partial charge in [0.15, 0.2) is 6.29 Å². The van der Waals surface area contributed by atoms with Crippen molar-refractivity contribution in [2.75, 3.05) is 20.1 Å². The van der Waals surface area contributed by atoms with E-state index in [0.29, 0.717) is 32.2 Å². The number of amides is 2. The number of carbonyl (C=O) groups excluding carboxylic acids is 2. The molecular formula is C40H48N4O6. The number of hydrogen-bond donors (Lipinski definition) is 4. The van der Waals surface area contributed by atoms with Crippen LogP contribution in [0.3, 0.4) is 0 Å². The molecule has 4 N–H and O–H groups in total. The van der Waals surface area contributed by atoms with Gasteiger partial charge in [0.1, 0.15) is 0 Å². The monoisotopic (exact) mass is 680 g/mol. The molecule has 0 aliphatic carbocycles. The Hall–Kier alpha value is -4.45. The number of rotatable bonds is 17. The Morgan fingerprint density at radius 1 is 0.860 bits per heavy atom. The van der Waals surface area contributed by atoms with E-state index in [1.54, 1.807) is 5.48 Å². The number of ether oxygens (including phenoxy) is 2. The number of unbranched alkanes of at least 4 members (excludes halogenated alkanes) is 2. The first-order chi connectivity index (χ1) is 24.4. The summed E-state index contributed by atoms with van der Waals surface area (Å²) in [5.74, 6) is -0.446. The minimum absolute atomic E-state index is 0.00186. The summed E-state index contributed by atoms with van der Waals surface area (Å²) in [5, 5.41) is 21.2. The molecule has 1 fully saturated rings. The van der Waals surface area contributed by atoms with Gasteiger partial charge in [-0.1, -0.05) is 85.3 Å². The van der Waals surface area contributed by atoms with Gasteiger partial charge in [-0.05, 0) is 59.8 Å². The fraction of sp³-hybridized carbons (Fsp3) is 0.375. The van der Waals surface area contributed by atoms with Gasteiger partial charge in [0.05, 0.1) is 18.8 Å². The largest absolute Gasteiger partial charge is 0.392 e. The lowest BCUT2D eigenvalue weighted by Crippen LogP contribution is -2.38. The van der Waals surface area contributed by atoms with Gasteiger partial charge in [-0.3, -0.25) is 19.8 Å². The summed E-state index contributed by atoms with van der Waals surface area (Å²) in [6.45, 7) is 2.01. The number of benzene rings is 3. The summed E-state index contributed by atoms with van der Waals surface area (Å²) >= 11 is 0. The van der Waals surface area contributed by atoms with Gasteiger partial charge in [0.25, 0.3) is 0 Å². The van der Waals surface area contributed by atoms with Crippen molar-refractivity contribution in [2.45, 2.75) is 76.6 Å². The predicted octanol–water partition coefficient (Wildman–Crippen LogP) is 6.03. The molecule has 4 aromatic rings. The van der Waals surface area contributed by atoms with E-state index in [2.05, 4.69) is 40.4 Å². The molecule has 0 bridgehead atoms. The Morgan fingerprint density at radius 3 is 2.30 bits per heavy atom. The van der Waals surface area contributed by atoms with Crippen LogP contribution in [0.5, 0.6) is 0 Å². The first-order valence-electron chi connectivity index (χ1n) is 17.4. The van der Waals surface area contributed by atoms with Crippen molar-refractivity contribution in [1.82, 2.24) is 20.7 Å². The third-order valence-corrected chi connectivity index (χ3v) is 9.03. The number of nitrogens with one attached hydrogen (secondary N) is 2. The van der Waals surface area contributed by atoms with Crippen LogP contribution in [-0.2, 0) is 38.6 Å². The number of hydrogen-bond acceptors (Lipinski definition) is 8. The molecule has 1 saturated heterocycles. The van der Waals surface area contributed by atoms with E-state index in [0.717, 1.165) is 65.0 Å². The highest BCUT2D eigenvalue weighted by Crippen LogP contribution is 2.38. The summed E-state index contributed by atoms with van der Waals surface area (Å²) in [5.41, 5.74) is 8.61. The quantitative estimate of drug-likeness (QED) is 0.0604. The Morgan fingerprint density at radius 2 is 1.58 bits per heavy atom. The number of carbonyl (C=O) groups is 2. The predicted molar refractivity (Wildman–Crippen MR) is 191 cm³/mol. The van der Waals surface area contributed by atoms with E-state index in [1.165, 1.54) is 0 Å². The Bertz CT molecular complexity index is 1630. The van der Waals surface area contributed by atoms with E-state index in [4.69, 9.17) is 14.7 Å². The lowest BCUT2D eigenvalue weighted by Gasteiger charge is -2.38. The van der Waals surface area contributed by atoms with Gasteiger partial charge in [0, 0.05) is 62.8 Å². The molecule has 3 aromatic carbocycles. The molecule has 2 heterocycles. The molecule has 0 unspecified atom stereocenters. The smallest absolute Gasteiger partial charge is 0.243 e. The van der Waals surface area contributed by atoms with Crippen LogP contribution in [0.15, 0.2) is 97.2 Å². The lowest BCUT2D eigenvalue weighted by atomic mass is 9.97. The third-order valence-electron chi connectivity index (χ3n) is 9.03. The van der Waals surface area contributed by atoms with Crippen molar-refractivity contribution in [3.05, 3.63) is 125 Å². The molecule has 1 aliphatic rings. The van der Waals surface area contributed by atoms with Crippen LogP contribution in [0.2, 0.25) is 0 Å². The maximum absolute atomic E-state index is 12.5. The van der Waals surface area contributed by atoms with Crippen LogP contribution in [0.4, 0.5) is 0 Å². The summed E-state index contributed by atoms with van der Waals surface area (Å²) in [6.07, 6.45) is 5.27. The number of aliphatic hydroxyl groups is 1. The molecule has 0 saturated carbocycles. The van der Waals surface area contributed by atoms with Crippen molar-refractivity contribution in [2.24, 2.45) is 0 Å². The van der Waals surface area contributed by atoms with E-state index in [9.17, 15) is 14.7 Å². The summed E-state index contributed by atoms with van der Waals surface area (Å²) in [6, 6.07) is 30.2. The van der Waals surface area contributed by atoms with E-state index >= 15 is 0 Å². The summed E-state index contributed by atoms with van der Waals surface area (Å²) < 4.78 is 13.2. The SMILES string of the molecule is CN(CCc1ccccn1)C[C@H]1C[C@@H](c2ccc(CO)cc2)O[C@@H](c2ccc(-c3ccccc3CNC(=O)CCCCCC(=O)NO)cc2)O1. The van der Waals surface area contributed by atoms with Crippen molar-refractivity contribution < 1.29 is 29.4 Å². The first-order valence-corrected chi connectivity index (χ1v) is 17.4. The van der Waals surface area contributed by atoms with Crippen molar-refractivity contribution in [3.63, 3.8) is 0 Å². The molecule has 1 aliphatic heterocycles. The number of hydroxylamine groups is 1. The van der Waals surface area contributed by atoms with E-state index in [-0.39, 0.29) is 31.1 Å². The molecule has 264 valence electrons. The van der Waals surface area contributed by atoms with Gasteiger partial charge in [-0.2, -0.15) is 0 Å². The van der Waals surface area contributed by atoms with E-state index in [1.807, 2.05) is 79.0 Å². The highest BCUT2D eigenvalue weighted by atomic mass is 16.7. The minimum Gasteiger partial charge on any atom is -0.392 e. The van der Waals surface area contributed by atoms with Gasteiger partial charge in [-0.15, -0.1) is 0 Å². The Kier molecular flexibility index (Phi) is 14.0. The fourth-order valence-electron chi connectivity index (χ4n) is 6.19. The third kappa shape index (κ3) is 11.0. The number of aliphatic hydroxyl groups excluding tert-OH is 1. The minimum atomic E-state index is -0.554. The molecule has 5 rings (SSSR count). The van der Waals surface area contributed by atoms with Crippen LogP contribution in [0, 0.1) is 0 Å². The van der Waals surface area contributed by atoms with Crippen LogP contribution >= 0.6 is 0 Å². The maximum Gasteiger partial charge on any atom is 0.243 e. The van der Waals surface area contributed by atoms with Crippen LogP contribution < -0.4 is 10.8 Å². The number of nitrogens with zero attached hydrogens (tertiary/aromatic N) is 2. The topological polar surface area (TPSA) is 133 Å². The average Bonchev–Trinajstić information content (AvgIpc) is 3.16. The van der Waals surface area contributed by atoms with Gasteiger partial charge in [-0.25, -0.2) is 5.48 Å². The molecule has 3 atom stereocenters. The zero-order valence-corrected chi connectivity index (χ0v) is 28.7. The number of pyridine rings is 1. The first kappa shape index (κ1) is 36.8. The summed E-state index contributed by atoms with van der Waals surface area (Å²) in [7, 11) is 2.11. The second kappa shape index (κ2) is 19.1. The highest BCUT2D eigenvalue weighted by molar-refractivity contribution is 5.76. The van der Waals surface area contributed by atoms with Crippen LogP contribution in [-0.4, -0.2) is 58.3 Å². The second-order valence-corrected chi connectivity index (χ2v) is 12.8. The van der Waals surface area contributed by atoms with Gasteiger partial charge >= 0.3 is 0 Å². The molecule has 10 heteroatoms. The lowest BCUT2D eigenvalue weighted by molar-refractivity contribution is -0.252. The second-order valence-electron chi connectivity index (χ2n) is 12.8. The zero-order valence-electron chi connectivity index (χ0n) is 28.7. The molecule has 0 radical (unpaired) electrons. The summed E-state index contributed by atoms with van der Waals surface area (Å²) in [4.78, 5) is 30.4. The average molecular weight is 681 g/mol. The molecule has 1 aromatic heterocycles. The van der Waals surface area contributed by atoms with Crippen molar-refractivity contribution in [1.29, 1.82) is 0 Å². The zero-order chi connectivity index (χ0) is 35.1. The molecule has 10 nitrogen and oxygen atoms in total.